The Bertz CT molecular complexity index is 1350. The summed E-state index contributed by atoms with van der Waals surface area (Å²) in [5, 5.41) is 17.5. The molecule has 3 aromatic rings. The number of methoxy groups -OCH3 is 1. The number of nitrogens with one attached hydrogen (secondary N) is 2. The average molecular weight is 529 g/mol. The Hall–Kier alpha value is -3.97. The summed E-state index contributed by atoms with van der Waals surface area (Å²) in [4.78, 5) is 41.3. The second kappa shape index (κ2) is 11.8. The first-order valence-corrected chi connectivity index (χ1v) is 13.4. The third-order valence-corrected chi connectivity index (χ3v) is 7.65. The van der Waals surface area contributed by atoms with Crippen LogP contribution in [0.3, 0.4) is 0 Å². The van der Waals surface area contributed by atoms with E-state index in [1.165, 1.54) is 6.92 Å². The number of aliphatic hydroxyl groups is 1. The molecule has 204 valence electrons. The van der Waals surface area contributed by atoms with Crippen LogP contribution in [0.4, 0.5) is 11.4 Å². The van der Waals surface area contributed by atoms with E-state index in [1.807, 2.05) is 56.3 Å². The van der Waals surface area contributed by atoms with Crippen LogP contribution in [0, 0.1) is 11.8 Å². The van der Waals surface area contributed by atoms with Gasteiger partial charge in [0.2, 0.25) is 11.8 Å². The largest absolute Gasteiger partial charge is 0.497 e. The maximum Gasteiger partial charge on any atom is 0.235 e. The number of ketones is 1. The monoisotopic (exact) mass is 528 g/mol. The van der Waals surface area contributed by atoms with E-state index in [0.717, 1.165) is 11.1 Å². The predicted octanol–water partition coefficient (Wildman–Crippen LogP) is 5.14. The molecular weight excluding hydrogens is 492 g/mol. The fourth-order valence-electron chi connectivity index (χ4n) is 5.64. The standard InChI is InChI=1S/C32H36N2O5/c1-5-20-11-7-9-13-24(20)33-30(36)28-26(35)19-32(3,38)29(27(28)22-15-17-23(39-4)18-16-22)31(37)34-25-14-10-8-12-21(25)6-2/h7-18,27-29,38H,5-6,19H2,1-4H3,(H,33,36)(H,34,37). The first-order chi connectivity index (χ1) is 18.7. The van der Waals surface area contributed by atoms with Gasteiger partial charge >= 0.3 is 0 Å². The number of aryl methyl sites for hydroxylation is 2. The van der Waals surface area contributed by atoms with E-state index in [4.69, 9.17) is 4.74 Å². The minimum Gasteiger partial charge on any atom is -0.497 e. The summed E-state index contributed by atoms with van der Waals surface area (Å²) in [7, 11) is 1.55. The van der Waals surface area contributed by atoms with Crippen molar-refractivity contribution < 1.29 is 24.2 Å². The summed E-state index contributed by atoms with van der Waals surface area (Å²) in [6, 6.07) is 21.9. The van der Waals surface area contributed by atoms with E-state index in [1.54, 1.807) is 37.4 Å². The lowest BCUT2D eigenvalue weighted by Gasteiger charge is -2.44. The zero-order valence-electron chi connectivity index (χ0n) is 22.9. The number of carbonyl (C=O) groups is 3. The summed E-state index contributed by atoms with van der Waals surface area (Å²) >= 11 is 0. The Balaban J connectivity index is 1.79. The SMILES string of the molecule is CCc1ccccc1NC(=O)C1C(=O)CC(C)(O)C(C(=O)Nc2ccccc2CC)C1c1ccc(OC)cc1. The van der Waals surface area contributed by atoms with Crippen LogP contribution < -0.4 is 15.4 Å². The van der Waals surface area contributed by atoms with Gasteiger partial charge in [-0.1, -0.05) is 62.4 Å². The molecule has 0 radical (unpaired) electrons. The first-order valence-electron chi connectivity index (χ1n) is 13.4. The molecule has 1 aliphatic carbocycles. The summed E-state index contributed by atoms with van der Waals surface area (Å²) < 4.78 is 5.30. The smallest absolute Gasteiger partial charge is 0.235 e. The number of para-hydroxylation sites is 2. The van der Waals surface area contributed by atoms with Crippen LogP contribution >= 0.6 is 0 Å². The van der Waals surface area contributed by atoms with Gasteiger partial charge in [-0.05, 0) is 60.7 Å². The van der Waals surface area contributed by atoms with Gasteiger partial charge in [0.1, 0.15) is 17.5 Å². The first kappa shape index (κ1) is 28.0. The second-order valence-electron chi connectivity index (χ2n) is 10.3. The van der Waals surface area contributed by atoms with E-state index in [-0.39, 0.29) is 6.42 Å². The number of carbonyl (C=O) groups excluding carboxylic acids is 3. The molecule has 0 heterocycles. The van der Waals surface area contributed by atoms with Gasteiger partial charge in [0, 0.05) is 23.7 Å². The third kappa shape index (κ3) is 5.88. The van der Waals surface area contributed by atoms with E-state index in [2.05, 4.69) is 10.6 Å². The van der Waals surface area contributed by atoms with Crippen molar-refractivity contribution in [2.45, 2.75) is 51.6 Å². The van der Waals surface area contributed by atoms with E-state index >= 15 is 0 Å². The number of hydrogen-bond donors (Lipinski definition) is 3. The molecule has 2 amide bonds. The molecule has 4 atom stereocenters. The lowest BCUT2D eigenvalue weighted by molar-refractivity contribution is -0.150. The molecule has 1 fully saturated rings. The maximum absolute atomic E-state index is 14.0. The summed E-state index contributed by atoms with van der Waals surface area (Å²) in [5.41, 5.74) is 2.07. The molecule has 39 heavy (non-hydrogen) atoms. The van der Waals surface area contributed by atoms with Crippen LogP contribution in [0.15, 0.2) is 72.8 Å². The molecule has 7 nitrogen and oxygen atoms in total. The van der Waals surface area contributed by atoms with Crippen molar-refractivity contribution in [2.24, 2.45) is 11.8 Å². The average Bonchev–Trinajstić information content (AvgIpc) is 2.92. The van der Waals surface area contributed by atoms with Gasteiger partial charge in [-0.2, -0.15) is 0 Å². The molecule has 4 unspecified atom stereocenters. The highest BCUT2D eigenvalue weighted by Gasteiger charge is 2.56. The number of anilines is 2. The van der Waals surface area contributed by atoms with Crippen LogP contribution in [-0.4, -0.2) is 35.4 Å². The summed E-state index contributed by atoms with van der Waals surface area (Å²) in [5.74, 6) is -3.92. The molecule has 1 saturated carbocycles. The second-order valence-corrected chi connectivity index (χ2v) is 10.3. The number of hydrogen-bond acceptors (Lipinski definition) is 5. The lowest BCUT2D eigenvalue weighted by atomic mass is 9.61. The number of Topliss-reactive ketones (excluding diaryl/α,β-unsaturated/α-hetero) is 1. The van der Waals surface area contributed by atoms with Gasteiger partial charge in [0.05, 0.1) is 18.6 Å². The minimum absolute atomic E-state index is 0.319. The fourth-order valence-corrected chi connectivity index (χ4v) is 5.64. The van der Waals surface area contributed by atoms with Crippen molar-refractivity contribution in [2.75, 3.05) is 17.7 Å². The zero-order valence-corrected chi connectivity index (χ0v) is 22.9. The molecule has 0 saturated heterocycles. The summed E-state index contributed by atoms with van der Waals surface area (Å²) in [6.45, 7) is 5.48. The molecule has 1 aliphatic rings. The van der Waals surface area contributed by atoms with Gasteiger partial charge in [-0.3, -0.25) is 14.4 Å². The van der Waals surface area contributed by atoms with Crippen LogP contribution in [0.5, 0.6) is 5.75 Å². The third-order valence-electron chi connectivity index (χ3n) is 7.65. The Labute approximate surface area is 229 Å². The Morgan fingerprint density at radius 1 is 0.872 bits per heavy atom. The zero-order chi connectivity index (χ0) is 28.2. The van der Waals surface area contributed by atoms with Gasteiger partial charge < -0.3 is 20.5 Å². The van der Waals surface area contributed by atoms with Gasteiger partial charge in [-0.25, -0.2) is 0 Å². The molecule has 0 aromatic heterocycles. The molecule has 3 aromatic carbocycles. The molecule has 4 rings (SSSR count). The summed E-state index contributed by atoms with van der Waals surface area (Å²) in [6.07, 6.45) is 1.09. The number of benzene rings is 3. The van der Waals surface area contributed by atoms with E-state index < -0.39 is 41.0 Å². The van der Waals surface area contributed by atoms with E-state index in [0.29, 0.717) is 35.5 Å². The predicted molar refractivity (Wildman–Crippen MR) is 152 cm³/mol. The van der Waals surface area contributed by atoms with Crippen molar-refractivity contribution in [3.63, 3.8) is 0 Å². The molecule has 0 bridgehead atoms. The van der Waals surface area contributed by atoms with E-state index in [9.17, 15) is 19.5 Å². The topological polar surface area (TPSA) is 105 Å². The van der Waals surface area contributed by atoms with Crippen molar-refractivity contribution in [3.8, 4) is 5.75 Å². The number of rotatable bonds is 8. The Morgan fingerprint density at radius 2 is 1.38 bits per heavy atom. The maximum atomic E-state index is 14.0. The van der Waals surface area contributed by atoms with Crippen LogP contribution in [-0.2, 0) is 27.2 Å². The molecule has 0 aliphatic heterocycles. The Kier molecular flexibility index (Phi) is 8.51. The van der Waals surface area contributed by atoms with Gasteiger partial charge in [0.25, 0.3) is 0 Å². The van der Waals surface area contributed by atoms with Crippen molar-refractivity contribution in [1.29, 1.82) is 0 Å². The van der Waals surface area contributed by atoms with Gasteiger partial charge in [-0.15, -0.1) is 0 Å². The molecular formula is C32H36N2O5. The highest BCUT2D eigenvalue weighted by Crippen LogP contribution is 2.47. The van der Waals surface area contributed by atoms with Crippen molar-refractivity contribution in [3.05, 3.63) is 89.5 Å². The fraction of sp³-hybridized carbons (Fsp3) is 0.344. The van der Waals surface area contributed by atoms with Crippen LogP contribution in [0.25, 0.3) is 0 Å². The number of ether oxygens (including phenoxy) is 1. The van der Waals surface area contributed by atoms with Crippen LogP contribution in [0.1, 0.15) is 49.8 Å². The molecule has 0 spiro atoms. The van der Waals surface area contributed by atoms with Crippen LogP contribution in [0.2, 0.25) is 0 Å². The number of amides is 2. The highest BCUT2D eigenvalue weighted by atomic mass is 16.5. The van der Waals surface area contributed by atoms with Crippen molar-refractivity contribution in [1.82, 2.24) is 0 Å². The quantitative estimate of drug-likeness (QED) is 0.351. The normalized spacial score (nSPS) is 22.7. The Morgan fingerprint density at radius 3 is 1.90 bits per heavy atom. The minimum atomic E-state index is -1.68. The lowest BCUT2D eigenvalue weighted by Crippen LogP contribution is -2.56. The molecule has 3 N–H and O–H groups in total. The molecule has 7 heteroatoms. The van der Waals surface area contributed by atoms with Crippen molar-refractivity contribution >= 4 is 29.0 Å². The van der Waals surface area contributed by atoms with Gasteiger partial charge in [0.15, 0.2) is 0 Å². The highest BCUT2D eigenvalue weighted by molar-refractivity contribution is 6.10.